The molecule has 0 aromatic rings. The molecule has 0 saturated carbocycles. The Morgan fingerprint density at radius 1 is 1.56 bits per heavy atom. The zero-order valence-corrected chi connectivity index (χ0v) is 6.15. The van der Waals surface area contributed by atoms with Gasteiger partial charge in [0.05, 0.1) is 6.10 Å². The lowest BCUT2D eigenvalue weighted by Gasteiger charge is -2.33. The molecule has 0 bridgehead atoms. The summed E-state index contributed by atoms with van der Waals surface area (Å²) in [5, 5.41) is 12.4. The molecule has 1 saturated heterocycles. The van der Waals surface area contributed by atoms with Crippen LogP contribution in [0, 0.1) is 5.41 Å². The van der Waals surface area contributed by atoms with Crippen molar-refractivity contribution in [2.24, 2.45) is 5.41 Å². The molecule has 1 rings (SSSR count). The van der Waals surface area contributed by atoms with Gasteiger partial charge in [-0.1, -0.05) is 13.8 Å². The van der Waals surface area contributed by atoms with Crippen molar-refractivity contribution in [3.63, 3.8) is 0 Å². The van der Waals surface area contributed by atoms with E-state index in [0.717, 1.165) is 19.5 Å². The summed E-state index contributed by atoms with van der Waals surface area (Å²) in [4.78, 5) is 0. The molecule has 0 spiro atoms. The predicted octanol–water partition coefficient (Wildman–Crippen LogP) is 0.367. The number of aliphatic hydroxyl groups is 1. The highest BCUT2D eigenvalue weighted by Gasteiger charge is 2.25. The van der Waals surface area contributed by atoms with Crippen LogP contribution in [0.4, 0.5) is 0 Å². The van der Waals surface area contributed by atoms with Gasteiger partial charge in [0.1, 0.15) is 0 Å². The first-order valence-electron chi connectivity index (χ1n) is 3.49. The Bertz CT molecular complexity index is 101. The topological polar surface area (TPSA) is 32.3 Å². The molecule has 2 nitrogen and oxygen atoms in total. The van der Waals surface area contributed by atoms with Crippen LogP contribution in [0.15, 0.2) is 0 Å². The SMILES string of the molecule is CC1(C)CNC[C@H](O)C1. The monoisotopic (exact) mass is 129 g/mol. The van der Waals surface area contributed by atoms with Gasteiger partial charge in [-0.05, 0) is 11.8 Å². The largest absolute Gasteiger partial charge is 0.392 e. The Morgan fingerprint density at radius 2 is 2.22 bits per heavy atom. The van der Waals surface area contributed by atoms with Crippen LogP contribution in [0.25, 0.3) is 0 Å². The Kier molecular flexibility index (Phi) is 1.78. The molecule has 0 radical (unpaired) electrons. The van der Waals surface area contributed by atoms with Crippen molar-refractivity contribution < 1.29 is 5.11 Å². The second-order valence-electron chi connectivity index (χ2n) is 3.65. The summed E-state index contributed by atoms with van der Waals surface area (Å²) in [6, 6.07) is 0. The number of piperidine rings is 1. The summed E-state index contributed by atoms with van der Waals surface area (Å²) in [6.45, 7) is 6.14. The van der Waals surface area contributed by atoms with Gasteiger partial charge in [0.25, 0.3) is 0 Å². The van der Waals surface area contributed by atoms with Crippen molar-refractivity contribution in [2.75, 3.05) is 13.1 Å². The molecule has 1 fully saturated rings. The molecule has 0 amide bonds. The standard InChI is InChI=1S/C7H15NO/c1-7(2)3-6(9)4-8-5-7/h6,8-9H,3-5H2,1-2H3/t6-/m1/s1. The third-order valence-electron chi connectivity index (χ3n) is 1.77. The minimum atomic E-state index is -0.131. The summed E-state index contributed by atoms with van der Waals surface area (Å²) in [6.07, 6.45) is 0.800. The summed E-state index contributed by atoms with van der Waals surface area (Å²) in [5.41, 5.74) is 0.289. The van der Waals surface area contributed by atoms with Gasteiger partial charge >= 0.3 is 0 Å². The second kappa shape index (κ2) is 2.27. The van der Waals surface area contributed by atoms with Crippen molar-refractivity contribution in [3.05, 3.63) is 0 Å². The Hall–Kier alpha value is -0.0800. The van der Waals surface area contributed by atoms with Crippen molar-refractivity contribution in [2.45, 2.75) is 26.4 Å². The number of hydrogen-bond acceptors (Lipinski definition) is 2. The van der Waals surface area contributed by atoms with Crippen LogP contribution in [0.2, 0.25) is 0 Å². The molecule has 9 heavy (non-hydrogen) atoms. The Morgan fingerprint density at radius 3 is 2.56 bits per heavy atom. The maximum Gasteiger partial charge on any atom is 0.0670 e. The molecule has 0 aromatic heterocycles. The molecule has 1 heterocycles. The minimum absolute atomic E-state index is 0.131. The van der Waals surface area contributed by atoms with E-state index >= 15 is 0 Å². The van der Waals surface area contributed by atoms with Crippen molar-refractivity contribution in [1.82, 2.24) is 5.32 Å². The highest BCUT2D eigenvalue weighted by atomic mass is 16.3. The summed E-state index contributed by atoms with van der Waals surface area (Å²) < 4.78 is 0. The van der Waals surface area contributed by atoms with Crippen LogP contribution in [0.1, 0.15) is 20.3 Å². The Balaban J connectivity index is 2.41. The lowest BCUT2D eigenvalue weighted by molar-refractivity contribution is 0.0806. The zero-order chi connectivity index (χ0) is 6.91. The van der Waals surface area contributed by atoms with E-state index in [4.69, 9.17) is 0 Å². The molecule has 1 aliphatic rings. The fourth-order valence-corrected chi connectivity index (χ4v) is 1.36. The molecule has 54 valence electrons. The summed E-state index contributed by atoms with van der Waals surface area (Å²) in [7, 11) is 0. The smallest absolute Gasteiger partial charge is 0.0670 e. The van der Waals surface area contributed by atoms with Crippen LogP contribution in [0.3, 0.4) is 0 Å². The molecule has 0 aromatic carbocycles. The number of rotatable bonds is 0. The van der Waals surface area contributed by atoms with Crippen LogP contribution in [-0.4, -0.2) is 24.3 Å². The van der Waals surface area contributed by atoms with Gasteiger partial charge in [0.2, 0.25) is 0 Å². The molecule has 0 aliphatic carbocycles. The molecular weight excluding hydrogens is 114 g/mol. The molecule has 0 unspecified atom stereocenters. The number of aliphatic hydroxyl groups excluding tert-OH is 1. The van der Waals surface area contributed by atoms with Crippen molar-refractivity contribution in [3.8, 4) is 0 Å². The van der Waals surface area contributed by atoms with E-state index in [9.17, 15) is 5.11 Å². The fraction of sp³-hybridized carbons (Fsp3) is 1.00. The first-order chi connectivity index (χ1) is 4.10. The number of nitrogens with one attached hydrogen (secondary N) is 1. The molecule has 1 aliphatic heterocycles. The molecule has 1 atom stereocenters. The van der Waals surface area contributed by atoms with E-state index in [0.29, 0.717) is 0 Å². The fourth-order valence-electron chi connectivity index (χ4n) is 1.36. The summed E-state index contributed by atoms with van der Waals surface area (Å²) >= 11 is 0. The highest BCUT2D eigenvalue weighted by molar-refractivity contribution is 4.81. The second-order valence-corrected chi connectivity index (χ2v) is 3.65. The average molecular weight is 129 g/mol. The van der Waals surface area contributed by atoms with E-state index in [2.05, 4.69) is 19.2 Å². The third kappa shape index (κ3) is 1.95. The first-order valence-corrected chi connectivity index (χ1v) is 3.49. The van der Waals surface area contributed by atoms with Crippen molar-refractivity contribution >= 4 is 0 Å². The third-order valence-corrected chi connectivity index (χ3v) is 1.77. The summed E-state index contributed by atoms with van der Waals surface area (Å²) in [5.74, 6) is 0. The number of hydrogen-bond donors (Lipinski definition) is 2. The zero-order valence-electron chi connectivity index (χ0n) is 6.15. The van der Waals surface area contributed by atoms with E-state index < -0.39 is 0 Å². The van der Waals surface area contributed by atoms with E-state index in [1.165, 1.54) is 0 Å². The van der Waals surface area contributed by atoms with E-state index in [1.54, 1.807) is 0 Å². The number of β-amino-alcohol motifs (C(OH)–C–C–N with tert-alkyl or cyclic N) is 1. The van der Waals surface area contributed by atoms with Gasteiger partial charge in [0.15, 0.2) is 0 Å². The Labute approximate surface area is 56.3 Å². The lowest BCUT2D eigenvalue weighted by Crippen LogP contribution is -2.43. The van der Waals surface area contributed by atoms with E-state index in [1.807, 2.05) is 0 Å². The first kappa shape index (κ1) is 7.03. The van der Waals surface area contributed by atoms with Gasteiger partial charge < -0.3 is 10.4 Å². The van der Waals surface area contributed by atoms with Gasteiger partial charge in [-0.25, -0.2) is 0 Å². The average Bonchev–Trinajstić information content (AvgIpc) is 1.60. The normalized spacial score (nSPS) is 34.3. The predicted molar refractivity (Wildman–Crippen MR) is 37.3 cm³/mol. The maximum absolute atomic E-state index is 9.18. The van der Waals surface area contributed by atoms with Crippen LogP contribution < -0.4 is 5.32 Å². The molecule has 2 heteroatoms. The molecule has 2 N–H and O–H groups in total. The van der Waals surface area contributed by atoms with Gasteiger partial charge in [-0.3, -0.25) is 0 Å². The van der Waals surface area contributed by atoms with Gasteiger partial charge in [0, 0.05) is 13.1 Å². The van der Waals surface area contributed by atoms with Gasteiger partial charge in [-0.2, -0.15) is 0 Å². The maximum atomic E-state index is 9.18. The minimum Gasteiger partial charge on any atom is -0.392 e. The molecular formula is C7H15NO. The van der Waals surface area contributed by atoms with Crippen LogP contribution >= 0.6 is 0 Å². The highest BCUT2D eigenvalue weighted by Crippen LogP contribution is 2.23. The van der Waals surface area contributed by atoms with E-state index in [-0.39, 0.29) is 11.5 Å². The van der Waals surface area contributed by atoms with Gasteiger partial charge in [-0.15, -0.1) is 0 Å². The van der Waals surface area contributed by atoms with Crippen LogP contribution in [0.5, 0.6) is 0 Å². The van der Waals surface area contributed by atoms with Crippen molar-refractivity contribution in [1.29, 1.82) is 0 Å². The van der Waals surface area contributed by atoms with Crippen LogP contribution in [-0.2, 0) is 0 Å². The lowest BCUT2D eigenvalue weighted by atomic mass is 9.84. The quantitative estimate of drug-likeness (QED) is 0.495.